The van der Waals surface area contributed by atoms with Gasteiger partial charge in [0.25, 0.3) is 0 Å². The van der Waals surface area contributed by atoms with Gasteiger partial charge in [0.05, 0.1) is 12.7 Å². The van der Waals surface area contributed by atoms with Gasteiger partial charge in [-0.05, 0) is 38.2 Å². The van der Waals surface area contributed by atoms with Gasteiger partial charge in [-0.2, -0.15) is 0 Å². The van der Waals surface area contributed by atoms with Crippen molar-refractivity contribution in [2.75, 3.05) is 6.61 Å². The molecule has 1 rings (SSSR count). The smallest absolute Gasteiger partial charge is 0.302 e. The molecule has 146 valence electrons. The van der Waals surface area contributed by atoms with E-state index in [1.165, 1.54) is 6.92 Å². The standard InChI is InChI=1S/C22H34O4/c1-3-4-8-11-20(24)15-13-19-14-16-22(25)21(19)12-9-6-5-7-10-17-26-18(2)23/h6,9,13-16,19-21,24H,3-5,7-8,10-12,17H2,1-2H3/t19-,20-,21+/m0/s1. The number of esters is 1. The van der Waals surface area contributed by atoms with Crippen molar-refractivity contribution in [3.8, 4) is 0 Å². The van der Waals surface area contributed by atoms with E-state index in [-0.39, 0.29) is 23.6 Å². The molecule has 0 aromatic carbocycles. The van der Waals surface area contributed by atoms with Gasteiger partial charge in [0.1, 0.15) is 0 Å². The molecule has 0 aliphatic heterocycles. The zero-order valence-electron chi connectivity index (χ0n) is 16.2. The maximum Gasteiger partial charge on any atom is 0.302 e. The molecule has 0 fully saturated rings. The van der Waals surface area contributed by atoms with Crippen LogP contribution in [0.4, 0.5) is 0 Å². The number of aliphatic hydroxyl groups excluding tert-OH is 1. The number of ketones is 1. The lowest BCUT2D eigenvalue weighted by molar-refractivity contribution is -0.141. The number of hydrogen-bond donors (Lipinski definition) is 1. The van der Waals surface area contributed by atoms with Gasteiger partial charge < -0.3 is 9.84 Å². The summed E-state index contributed by atoms with van der Waals surface area (Å²) in [6, 6.07) is 0. The minimum absolute atomic E-state index is 0.0496. The molecular formula is C22H34O4. The second kappa shape index (κ2) is 13.5. The van der Waals surface area contributed by atoms with E-state index < -0.39 is 6.10 Å². The van der Waals surface area contributed by atoms with E-state index in [0.717, 1.165) is 51.4 Å². The van der Waals surface area contributed by atoms with Crippen LogP contribution in [0.15, 0.2) is 36.5 Å². The summed E-state index contributed by atoms with van der Waals surface area (Å²) in [5.41, 5.74) is 0. The molecule has 1 N–H and O–H groups in total. The number of rotatable bonds is 13. The monoisotopic (exact) mass is 362 g/mol. The summed E-state index contributed by atoms with van der Waals surface area (Å²) >= 11 is 0. The summed E-state index contributed by atoms with van der Waals surface area (Å²) in [5, 5.41) is 10.00. The minimum Gasteiger partial charge on any atom is -0.466 e. The fourth-order valence-corrected chi connectivity index (χ4v) is 3.02. The molecule has 0 saturated heterocycles. The van der Waals surface area contributed by atoms with E-state index in [1.807, 2.05) is 18.2 Å². The van der Waals surface area contributed by atoms with Crippen LogP contribution < -0.4 is 0 Å². The van der Waals surface area contributed by atoms with E-state index in [9.17, 15) is 14.7 Å². The predicted molar refractivity (Wildman–Crippen MR) is 105 cm³/mol. The van der Waals surface area contributed by atoms with Crippen LogP contribution in [0.1, 0.15) is 65.2 Å². The zero-order valence-corrected chi connectivity index (χ0v) is 16.2. The highest BCUT2D eigenvalue weighted by atomic mass is 16.5. The first kappa shape index (κ1) is 22.4. The minimum atomic E-state index is -0.418. The van der Waals surface area contributed by atoms with Crippen molar-refractivity contribution in [1.82, 2.24) is 0 Å². The van der Waals surface area contributed by atoms with Crippen LogP contribution in [-0.2, 0) is 14.3 Å². The summed E-state index contributed by atoms with van der Waals surface area (Å²) in [7, 11) is 0. The molecule has 26 heavy (non-hydrogen) atoms. The highest BCUT2D eigenvalue weighted by Crippen LogP contribution is 2.27. The number of allylic oxidation sites excluding steroid dienone is 5. The Kier molecular flexibility index (Phi) is 11.6. The fourth-order valence-electron chi connectivity index (χ4n) is 3.02. The van der Waals surface area contributed by atoms with E-state index in [4.69, 9.17) is 4.74 Å². The van der Waals surface area contributed by atoms with Gasteiger partial charge in [0.2, 0.25) is 0 Å². The largest absolute Gasteiger partial charge is 0.466 e. The number of carbonyl (C=O) groups is 2. The molecule has 4 heteroatoms. The lowest BCUT2D eigenvalue weighted by Crippen LogP contribution is -2.14. The summed E-state index contributed by atoms with van der Waals surface area (Å²) in [5.74, 6) is -0.0367. The first-order chi connectivity index (χ1) is 12.5. The van der Waals surface area contributed by atoms with Crippen LogP contribution >= 0.6 is 0 Å². The number of aliphatic hydroxyl groups is 1. The number of ether oxygens (including phenoxy) is 1. The Bertz CT molecular complexity index is 504. The quantitative estimate of drug-likeness (QED) is 0.297. The van der Waals surface area contributed by atoms with E-state index in [2.05, 4.69) is 19.1 Å². The van der Waals surface area contributed by atoms with Gasteiger partial charge >= 0.3 is 5.97 Å². The Hall–Kier alpha value is -1.68. The van der Waals surface area contributed by atoms with Gasteiger partial charge in [-0.3, -0.25) is 9.59 Å². The van der Waals surface area contributed by atoms with E-state index in [0.29, 0.717) is 6.61 Å². The molecule has 0 aromatic heterocycles. The Morgan fingerprint density at radius 2 is 2.08 bits per heavy atom. The third-order valence-electron chi connectivity index (χ3n) is 4.60. The molecule has 0 unspecified atom stereocenters. The van der Waals surface area contributed by atoms with Crippen molar-refractivity contribution >= 4 is 11.8 Å². The number of unbranched alkanes of at least 4 members (excludes halogenated alkanes) is 4. The highest BCUT2D eigenvalue weighted by Gasteiger charge is 2.27. The summed E-state index contributed by atoms with van der Waals surface area (Å²) in [6.45, 7) is 4.04. The summed E-state index contributed by atoms with van der Waals surface area (Å²) in [6.07, 6.45) is 18.7. The van der Waals surface area contributed by atoms with Gasteiger partial charge in [0, 0.05) is 18.8 Å². The molecule has 0 amide bonds. The van der Waals surface area contributed by atoms with Crippen LogP contribution in [0.5, 0.6) is 0 Å². The topological polar surface area (TPSA) is 63.6 Å². The average Bonchev–Trinajstić information content (AvgIpc) is 2.95. The molecular weight excluding hydrogens is 328 g/mol. The van der Waals surface area contributed by atoms with Crippen molar-refractivity contribution in [1.29, 1.82) is 0 Å². The van der Waals surface area contributed by atoms with Crippen molar-refractivity contribution in [3.05, 3.63) is 36.5 Å². The second-order valence-corrected chi connectivity index (χ2v) is 6.94. The van der Waals surface area contributed by atoms with Crippen LogP contribution in [0, 0.1) is 11.8 Å². The van der Waals surface area contributed by atoms with Gasteiger partial charge in [-0.25, -0.2) is 0 Å². The fraction of sp³-hybridized carbons (Fsp3) is 0.636. The number of carbonyl (C=O) groups excluding carboxylic acids is 2. The molecule has 1 aliphatic rings. The first-order valence-electron chi connectivity index (χ1n) is 9.91. The van der Waals surface area contributed by atoms with Crippen LogP contribution in [0.2, 0.25) is 0 Å². The maximum atomic E-state index is 12.0. The molecule has 0 bridgehead atoms. The number of hydrogen-bond acceptors (Lipinski definition) is 4. The molecule has 4 nitrogen and oxygen atoms in total. The Morgan fingerprint density at radius 1 is 1.27 bits per heavy atom. The van der Waals surface area contributed by atoms with Crippen molar-refractivity contribution in [2.24, 2.45) is 11.8 Å². The SMILES string of the molecule is CCCCC[C@H](O)C=C[C@H]1C=CC(=O)[C@@H]1CC=CCCCCOC(C)=O. The van der Waals surface area contributed by atoms with Crippen molar-refractivity contribution in [2.45, 2.75) is 71.3 Å². The van der Waals surface area contributed by atoms with Crippen LogP contribution in [-0.4, -0.2) is 29.6 Å². The lowest BCUT2D eigenvalue weighted by Gasteiger charge is -2.13. The molecule has 1 aliphatic carbocycles. The van der Waals surface area contributed by atoms with Crippen LogP contribution in [0.3, 0.4) is 0 Å². The van der Waals surface area contributed by atoms with Crippen molar-refractivity contribution in [3.63, 3.8) is 0 Å². The predicted octanol–water partition coefficient (Wildman–Crippen LogP) is 4.53. The lowest BCUT2D eigenvalue weighted by atomic mass is 9.90. The van der Waals surface area contributed by atoms with Gasteiger partial charge in [-0.15, -0.1) is 0 Å². The van der Waals surface area contributed by atoms with Crippen LogP contribution in [0.25, 0.3) is 0 Å². The Morgan fingerprint density at radius 3 is 2.81 bits per heavy atom. The van der Waals surface area contributed by atoms with Crippen molar-refractivity contribution < 1.29 is 19.4 Å². The second-order valence-electron chi connectivity index (χ2n) is 6.94. The molecule has 3 atom stereocenters. The highest BCUT2D eigenvalue weighted by molar-refractivity contribution is 5.95. The third kappa shape index (κ3) is 9.71. The van der Waals surface area contributed by atoms with E-state index in [1.54, 1.807) is 6.08 Å². The van der Waals surface area contributed by atoms with Gasteiger partial charge in [-0.1, -0.05) is 56.6 Å². The maximum absolute atomic E-state index is 12.0. The summed E-state index contributed by atoms with van der Waals surface area (Å²) in [4.78, 5) is 22.7. The molecule has 0 saturated carbocycles. The average molecular weight is 363 g/mol. The third-order valence-corrected chi connectivity index (χ3v) is 4.60. The van der Waals surface area contributed by atoms with Gasteiger partial charge in [0.15, 0.2) is 5.78 Å². The zero-order chi connectivity index (χ0) is 19.2. The Labute approximate surface area is 158 Å². The normalized spacial score (nSPS) is 21.1. The summed E-state index contributed by atoms with van der Waals surface area (Å²) < 4.78 is 4.89. The van der Waals surface area contributed by atoms with E-state index >= 15 is 0 Å². The molecule has 0 heterocycles. The Balaban J connectivity index is 2.29. The molecule has 0 spiro atoms. The molecule has 0 aromatic rings. The first-order valence-corrected chi connectivity index (χ1v) is 9.91. The molecule has 0 radical (unpaired) electrons.